The molecule has 4 heteroatoms. The third kappa shape index (κ3) is 2.84. The Balaban J connectivity index is 1.80. The average molecular weight is 422 g/mol. The molecule has 1 amide bonds. The Hall–Kier alpha value is -1.91. The van der Waals surface area contributed by atoms with E-state index in [9.17, 15) is 4.79 Å². The molecule has 2 atom stereocenters. The molecule has 4 rings (SSSR count). The number of carbonyl (C=O) groups is 1. The summed E-state index contributed by atoms with van der Waals surface area (Å²) in [7, 11) is -1.74. The van der Waals surface area contributed by atoms with Crippen molar-refractivity contribution in [1.29, 1.82) is 0 Å². The summed E-state index contributed by atoms with van der Waals surface area (Å²) in [6.07, 6.45) is 0.812. The zero-order chi connectivity index (χ0) is 21.7. The molecule has 2 aliphatic rings. The first-order chi connectivity index (χ1) is 14.3. The Labute approximate surface area is 182 Å². The van der Waals surface area contributed by atoms with Crippen molar-refractivity contribution in [3.63, 3.8) is 0 Å². The van der Waals surface area contributed by atoms with E-state index in [-0.39, 0.29) is 5.91 Å². The standard InChI is InChI=1S/C26H35NO2Si/c1-18(2)30(19(3)4,20(5)6)22-16-26(29-17-22)23-14-10-11-15-24(23)27(25(26)28)21-12-8-7-9-13-21/h7-15,18-20,22H,16-17H2,1-6H3/t22-,26+/m0/s1. The molecule has 3 nitrogen and oxygen atoms in total. The van der Waals surface area contributed by atoms with Crippen LogP contribution in [0.25, 0.3) is 0 Å². The van der Waals surface area contributed by atoms with Gasteiger partial charge in [-0.1, -0.05) is 94.6 Å². The molecular formula is C26H35NO2Si. The van der Waals surface area contributed by atoms with E-state index in [0.717, 1.165) is 23.4 Å². The Kier molecular flexibility index (Phi) is 5.44. The monoisotopic (exact) mass is 421 g/mol. The highest BCUT2D eigenvalue weighted by Crippen LogP contribution is 2.60. The fourth-order valence-electron chi connectivity index (χ4n) is 7.03. The summed E-state index contributed by atoms with van der Waals surface area (Å²) < 4.78 is 6.60. The molecule has 1 fully saturated rings. The molecule has 0 bridgehead atoms. The lowest BCUT2D eigenvalue weighted by Gasteiger charge is -2.47. The number of hydrogen-bond acceptors (Lipinski definition) is 2. The number of anilines is 2. The number of ether oxygens (including phenoxy) is 1. The van der Waals surface area contributed by atoms with Crippen molar-refractivity contribution in [2.45, 2.75) is 75.7 Å². The molecule has 1 saturated heterocycles. The molecule has 2 aromatic rings. The van der Waals surface area contributed by atoms with Gasteiger partial charge in [-0.2, -0.15) is 0 Å². The molecule has 0 saturated carbocycles. The predicted molar refractivity (Wildman–Crippen MR) is 127 cm³/mol. The largest absolute Gasteiger partial charge is 0.360 e. The molecule has 0 N–H and O–H groups in total. The van der Waals surface area contributed by atoms with Crippen molar-refractivity contribution in [2.24, 2.45) is 0 Å². The molecule has 0 aliphatic carbocycles. The average Bonchev–Trinajstić information content (AvgIpc) is 3.24. The van der Waals surface area contributed by atoms with Gasteiger partial charge in [-0.3, -0.25) is 9.69 Å². The molecule has 2 aliphatic heterocycles. The van der Waals surface area contributed by atoms with Crippen molar-refractivity contribution in [2.75, 3.05) is 11.5 Å². The minimum absolute atomic E-state index is 0.0802. The van der Waals surface area contributed by atoms with Gasteiger partial charge >= 0.3 is 0 Å². The third-order valence-corrected chi connectivity index (χ3v) is 15.7. The second-order valence-electron chi connectivity index (χ2n) is 10.00. The lowest BCUT2D eigenvalue weighted by Crippen LogP contribution is -2.49. The van der Waals surface area contributed by atoms with Gasteiger partial charge in [0.05, 0.1) is 13.8 Å². The second kappa shape index (κ2) is 7.65. The number of para-hydroxylation sites is 2. The van der Waals surface area contributed by atoms with Crippen LogP contribution in [0.15, 0.2) is 54.6 Å². The number of hydrogen-bond donors (Lipinski definition) is 0. The lowest BCUT2D eigenvalue weighted by molar-refractivity contribution is -0.137. The summed E-state index contributed by atoms with van der Waals surface area (Å²) in [6, 6.07) is 18.2. The van der Waals surface area contributed by atoms with Crippen LogP contribution in [0.4, 0.5) is 11.4 Å². The molecule has 0 unspecified atom stereocenters. The SMILES string of the molecule is CC(C)[Si](C(C)C)(C(C)C)[C@@H]1CO[C@@]2(C1)C(=O)N(c1ccccc1)c1ccccc12. The van der Waals surface area contributed by atoms with Crippen molar-refractivity contribution < 1.29 is 9.53 Å². The normalized spacial score (nSPS) is 24.0. The van der Waals surface area contributed by atoms with Crippen LogP contribution in [-0.2, 0) is 15.1 Å². The van der Waals surface area contributed by atoms with E-state index in [1.807, 2.05) is 47.4 Å². The van der Waals surface area contributed by atoms with E-state index in [1.54, 1.807) is 0 Å². The first-order valence-electron chi connectivity index (χ1n) is 11.4. The minimum atomic E-state index is -1.74. The zero-order valence-corrected chi connectivity index (χ0v) is 20.2. The number of fused-ring (bicyclic) bond motifs is 2. The number of nitrogens with zero attached hydrogens (tertiary/aromatic N) is 1. The van der Waals surface area contributed by atoms with Gasteiger partial charge in [0.1, 0.15) is 0 Å². The van der Waals surface area contributed by atoms with Gasteiger partial charge in [0.15, 0.2) is 5.60 Å². The Morgan fingerprint density at radius 1 is 0.900 bits per heavy atom. The van der Waals surface area contributed by atoms with E-state index in [2.05, 4.69) is 53.7 Å². The number of rotatable bonds is 5. The molecule has 0 aromatic heterocycles. The molecule has 160 valence electrons. The van der Waals surface area contributed by atoms with Gasteiger partial charge in [-0.25, -0.2) is 0 Å². The fourth-order valence-corrected chi connectivity index (χ4v) is 14.9. The van der Waals surface area contributed by atoms with E-state index < -0.39 is 13.7 Å². The van der Waals surface area contributed by atoms with Crippen LogP contribution in [0.5, 0.6) is 0 Å². The van der Waals surface area contributed by atoms with E-state index in [0.29, 0.717) is 28.8 Å². The van der Waals surface area contributed by atoms with Crippen LogP contribution in [0.2, 0.25) is 22.2 Å². The summed E-state index contributed by atoms with van der Waals surface area (Å²) >= 11 is 0. The Morgan fingerprint density at radius 2 is 1.47 bits per heavy atom. The summed E-state index contributed by atoms with van der Waals surface area (Å²) in [5.41, 5.74) is 4.52. The summed E-state index contributed by atoms with van der Waals surface area (Å²) in [5, 5.41) is 0. The maximum Gasteiger partial charge on any atom is 0.268 e. The fraction of sp³-hybridized carbons (Fsp3) is 0.500. The Bertz CT molecular complexity index is 902. The highest BCUT2D eigenvalue weighted by Gasteiger charge is 2.61. The minimum Gasteiger partial charge on any atom is -0.360 e. The van der Waals surface area contributed by atoms with E-state index in [4.69, 9.17) is 4.74 Å². The van der Waals surface area contributed by atoms with Gasteiger partial charge in [-0.05, 0) is 30.2 Å². The summed E-state index contributed by atoms with van der Waals surface area (Å²) in [5.74, 6) is 0.0802. The van der Waals surface area contributed by atoms with Gasteiger partial charge in [0.25, 0.3) is 5.91 Å². The third-order valence-electron chi connectivity index (χ3n) is 7.91. The highest BCUT2D eigenvalue weighted by atomic mass is 28.3. The van der Waals surface area contributed by atoms with Crippen molar-refractivity contribution in [3.05, 3.63) is 60.2 Å². The molecule has 1 spiro atoms. The first kappa shape index (κ1) is 21.3. The van der Waals surface area contributed by atoms with Gasteiger partial charge in [-0.15, -0.1) is 0 Å². The second-order valence-corrected chi connectivity index (χ2v) is 16.3. The number of amides is 1. The van der Waals surface area contributed by atoms with Crippen LogP contribution in [0.1, 0.15) is 53.5 Å². The van der Waals surface area contributed by atoms with Crippen molar-refractivity contribution >= 4 is 25.4 Å². The predicted octanol–water partition coefficient (Wildman–Crippen LogP) is 7.03. The highest BCUT2D eigenvalue weighted by molar-refractivity contribution is 6.85. The topological polar surface area (TPSA) is 29.5 Å². The molecule has 30 heavy (non-hydrogen) atoms. The van der Waals surface area contributed by atoms with Gasteiger partial charge in [0, 0.05) is 17.9 Å². The summed E-state index contributed by atoms with van der Waals surface area (Å²) in [4.78, 5) is 15.9. The van der Waals surface area contributed by atoms with Crippen LogP contribution in [-0.4, -0.2) is 20.6 Å². The van der Waals surface area contributed by atoms with Crippen LogP contribution in [0, 0.1) is 0 Å². The smallest absolute Gasteiger partial charge is 0.268 e. The molecule has 2 aromatic carbocycles. The first-order valence-corrected chi connectivity index (χ1v) is 13.7. The zero-order valence-electron chi connectivity index (χ0n) is 19.2. The van der Waals surface area contributed by atoms with Crippen LogP contribution < -0.4 is 4.90 Å². The van der Waals surface area contributed by atoms with E-state index >= 15 is 0 Å². The van der Waals surface area contributed by atoms with Gasteiger partial charge in [0.2, 0.25) is 0 Å². The molecule has 0 radical (unpaired) electrons. The maximum absolute atomic E-state index is 14.0. The van der Waals surface area contributed by atoms with Crippen LogP contribution >= 0.6 is 0 Å². The Morgan fingerprint density at radius 3 is 2.07 bits per heavy atom. The summed E-state index contributed by atoms with van der Waals surface area (Å²) in [6.45, 7) is 15.1. The van der Waals surface area contributed by atoms with E-state index in [1.165, 1.54) is 0 Å². The van der Waals surface area contributed by atoms with Crippen molar-refractivity contribution in [1.82, 2.24) is 0 Å². The molecular weight excluding hydrogens is 386 g/mol. The number of benzene rings is 2. The molecule has 2 heterocycles. The maximum atomic E-state index is 14.0. The van der Waals surface area contributed by atoms with Crippen LogP contribution in [0.3, 0.4) is 0 Å². The van der Waals surface area contributed by atoms with Crippen molar-refractivity contribution in [3.8, 4) is 0 Å². The quantitative estimate of drug-likeness (QED) is 0.485. The number of carbonyl (C=O) groups excluding carboxylic acids is 1. The van der Waals surface area contributed by atoms with Gasteiger partial charge < -0.3 is 4.74 Å². The lowest BCUT2D eigenvalue weighted by atomic mass is 9.92.